The first-order valence-corrected chi connectivity index (χ1v) is 7.76. The van der Waals surface area contributed by atoms with E-state index in [0.717, 1.165) is 12.5 Å². The number of piperidine rings is 1. The highest BCUT2D eigenvalue weighted by molar-refractivity contribution is 7.07. The van der Waals surface area contributed by atoms with Crippen molar-refractivity contribution in [2.45, 2.75) is 18.9 Å². The first-order chi connectivity index (χ1) is 8.70. The molecule has 0 aromatic carbocycles. The third-order valence-corrected chi connectivity index (χ3v) is 4.57. The standard InChI is InChI=1S/C14H25N3S/c1-16(2)10-12-3-6-17(7-4-12)14(9-15)13-5-8-18-11-13/h5,8,11-12,14H,3-4,6-7,9-10,15H2,1-2H3. The molecule has 18 heavy (non-hydrogen) atoms. The highest BCUT2D eigenvalue weighted by Crippen LogP contribution is 2.27. The molecule has 1 aliphatic heterocycles. The summed E-state index contributed by atoms with van der Waals surface area (Å²) in [4.78, 5) is 4.87. The van der Waals surface area contributed by atoms with Crippen LogP contribution >= 0.6 is 11.3 Å². The monoisotopic (exact) mass is 267 g/mol. The first kappa shape index (κ1) is 14.0. The average Bonchev–Trinajstić information content (AvgIpc) is 2.85. The van der Waals surface area contributed by atoms with E-state index in [0.29, 0.717) is 6.04 Å². The van der Waals surface area contributed by atoms with Crippen LogP contribution < -0.4 is 5.73 Å². The van der Waals surface area contributed by atoms with Crippen molar-refractivity contribution in [2.24, 2.45) is 11.7 Å². The molecule has 1 saturated heterocycles. The zero-order chi connectivity index (χ0) is 13.0. The van der Waals surface area contributed by atoms with Crippen molar-refractivity contribution in [2.75, 3.05) is 40.3 Å². The Bertz CT molecular complexity index is 329. The van der Waals surface area contributed by atoms with Gasteiger partial charge in [-0.1, -0.05) is 0 Å². The molecule has 2 N–H and O–H groups in total. The van der Waals surface area contributed by atoms with Crippen LogP contribution in [-0.2, 0) is 0 Å². The minimum Gasteiger partial charge on any atom is -0.329 e. The summed E-state index contributed by atoms with van der Waals surface area (Å²) in [7, 11) is 4.33. The number of thiophene rings is 1. The average molecular weight is 267 g/mol. The molecule has 1 aliphatic rings. The van der Waals surface area contributed by atoms with Crippen molar-refractivity contribution in [3.8, 4) is 0 Å². The van der Waals surface area contributed by atoms with Crippen LogP contribution in [0.2, 0.25) is 0 Å². The van der Waals surface area contributed by atoms with Gasteiger partial charge in [0.25, 0.3) is 0 Å². The number of likely N-dealkylation sites (tertiary alicyclic amines) is 1. The second-order valence-electron chi connectivity index (χ2n) is 5.55. The van der Waals surface area contributed by atoms with Gasteiger partial charge in [0, 0.05) is 19.1 Å². The highest BCUT2D eigenvalue weighted by Gasteiger charge is 2.25. The predicted octanol–water partition coefficient (Wildman–Crippen LogP) is 2.02. The van der Waals surface area contributed by atoms with Crippen LogP contribution in [0.5, 0.6) is 0 Å². The molecule has 1 aromatic heterocycles. The Morgan fingerprint density at radius 1 is 1.44 bits per heavy atom. The molecule has 0 radical (unpaired) electrons. The smallest absolute Gasteiger partial charge is 0.0478 e. The van der Waals surface area contributed by atoms with Gasteiger partial charge in [-0.3, -0.25) is 4.90 Å². The molecule has 1 aromatic rings. The number of nitrogens with two attached hydrogens (primary N) is 1. The summed E-state index contributed by atoms with van der Waals surface area (Å²) in [5.74, 6) is 0.858. The predicted molar refractivity (Wildman–Crippen MR) is 79.0 cm³/mol. The van der Waals surface area contributed by atoms with Crippen LogP contribution in [0.4, 0.5) is 0 Å². The van der Waals surface area contributed by atoms with Crippen LogP contribution in [-0.4, -0.2) is 50.1 Å². The Hall–Kier alpha value is -0.420. The van der Waals surface area contributed by atoms with E-state index in [2.05, 4.69) is 40.7 Å². The van der Waals surface area contributed by atoms with Gasteiger partial charge in [0.15, 0.2) is 0 Å². The van der Waals surface area contributed by atoms with Gasteiger partial charge in [-0.15, -0.1) is 0 Å². The normalized spacial score (nSPS) is 20.4. The maximum atomic E-state index is 5.96. The van der Waals surface area contributed by atoms with Crippen molar-refractivity contribution in [3.63, 3.8) is 0 Å². The molecule has 1 atom stereocenters. The van der Waals surface area contributed by atoms with Crippen LogP contribution in [0, 0.1) is 5.92 Å². The van der Waals surface area contributed by atoms with Gasteiger partial charge in [-0.05, 0) is 68.3 Å². The Morgan fingerprint density at radius 2 is 2.17 bits per heavy atom. The lowest BCUT2D eigenvalue weighted by Crippen LogP contribution is -2.41. The number of rotatable bonds is 5. The fourth-order valence-corrected chi connectivity index (χ4v) is 3.63. The molecule has 0 spiro atoms. The third-order valence-electron chi connectivity index (χ3n) is 3.86. The van der Waals surface area contributed by atoms with E-state index in [-0.39, 0.29) is 0 Å². The van der Waals surface area contributed by atoms with Gasteiger partial charge in [0.05, 0.1) is 0 Å². The zero-order valence-corrected chi connectivity index (χ0v) is 12.3. The van der Waals surface area contributed by atoms with Gasteiger partial charge in [-0.2, -0.15) is 11.3 Å². The van der Waals surface area contributed by atoms with Crippen molar-refractivity contribution >= 4 is 11.3 Å². The van der Waals surface area contributed by atoms with E-state index in [1.807, 2.05) is 0 Å². The molecular formula is C14H25N3S. The molecule has 2 rings (SSSR count). The summed E-state index contributed by atoms with van der Waals surface area (Å²) in [6, 6.07) is 2.64. The number of hydrogen-bond acceptors (Lipinski definition) is 4. The van der Waals surface area contributed by atoms with Crippen molar-refractivity contribution in [1.82, 2.24) is 9.80 Å². The lowest BCUT2D eigenvalue weighted by molar-refractivity contribution is 0.123. The molecule has 2 heterocycles. The molecule has 4 heteroatoms. The summed E-state index contributed by atoms with van der Waals surface area (Å²) in [6.07, 6.45) is 2.61. The summed E-state index contributed by atoms with van der Waals surface area (Å²) >= 11 is 1.77. The molecule has 1 unspecified atom stereocenters. The van der Waals surface area contributed by atoms with Crippen LogP contribution in [0.3, 0.4) is 0 Å². The van der Waals surface area contributed by atoms with E-state index in [4.69, 9.17) is 5.73 Å². The molecule has 0 amide bonds. The molecule has 102 valence electrons. The SMILES string of the molecule is CN(C)CC1CCN(C(CN)c2ccsc2)CC1. The molecule has 3 nitrogen and oxygen atoms in total. The van der Waals surface area contributed by atoms with E-state index < -0.39 is 0 Å². The van der Waals surface area contributed by atoms with Crippen molar-refractivity contribution < 1.29 is 0 Å². The van der Waals surface area contributed by atoms with Crippen LogP contribution in [0.15, 0.2) is 16.8 Å². The second kappa shape index (κ2) is 6.66. The van der Waals surface area contributed by atoms with E-state index in [9.17, 15) is 0 Å². The number of nitrogens with zero attached hydrogens (tertiary/aromatic N) is 2. The lowest BCUT2D eigenvalue weighted by Gasteiger charge is -2.37. The van der Waals surface area contributed by atoms with E-state index in [1.54, 1.807) is 11.3 Å². The summed E-state index contributed by atoms with van der Waals surface area (Å²) in [5.41, 5.74) is 7.36. The van der Waals surface area contributed by atoms with Gasteiger partial charge in [-0.25, -0.2) is 0 Å². The summed E-state index contributed by atoms with van der Waals surface area (Å²) < 4.78 is 0. The first-order valence-electron chi connectivity index (χ1n) is 6.81. The summed E-state index contributed by atoms with van der Waals surface area (Å²) in [5, 5.41) is 4.39. The maximum absolute atomic E-state index is 5.96. The molecular weight excluding hydrogens is 242 g/mol. The van der Waals surface area contributed by atoms with E-state index in [1.165, 1.54) is 38.0 Å². The third kappa shape index (κ3) is 3.54. The minimum absolute atomic E-state index is 0.427. The Morgan fingerprint density at radius 3 is 2.67 bits per heavy atom. The second-order valence-corrected chi connectivity index (χ2v) is 6.33. The fourth-order valence-electron chi connectivity index (χ4n) is 2.92. The topological polar surface area (TPSA) is 32.5 Å². The largest absolute Gasteiger partial charge is 0.329 e. The van der Waals surface area contributed by atoms with E-state index >= 15 is 0 Å². The quantitative estimate of drug-likeness (QED) is 0.886. The summed E-state index contributed by atoms with van der Waals surface area (Å²) in [6.45, 7) is 4.33. The van der Waals surface area contributed by atoms with Crippen molar-refractivity contribution in [1.29, 1.82) is 0 Å². The van der Waals surface area contributed by atoms with Gasteiger partial charge in [0.1, 0.15) is 0 Å². The van der Waals surface area contributed by atoms with Crippen LogP contribution in [0.1, 0.15) is 24.4 Å². The molecule has 0 saturated carbocycles. The van der Waals surface area contributed by atoms with Gasteiger partial charge < -0.3 is 10.6 Å². The lowest BCUT2D eigenvalue weighted by atomic mass is 9.94. The van der Waals surface area contributed by atoms with Crippen LogP contribution in [0.25, 0.3) is 0 Å². The Labute approximate surface area is 115 Å². The molecule has 1 fully saturated rings. The zero-order valence-electron chi connectivity index (χ0n) is 11.5. The Balaban J connectivity index is 1.88. The fraction of sp³-hybridized carbons (Fsp3) is 0.714. The Kier molecular flexibility index (Phi) is 5.18. The highest BCUT2D eigenvalue weighted by atomic mass is 32.1. The van der Waals surface area contributed by atoms with Gasteiger partial charge >= 0.3 is 0 Å². The van der Waals surface area contributed by atoms with Gasteiger partial charge in [0.2, 0.25) is 0 Å². The molecule has 0 bridgehead atoms. The van der Waals surface area contributed by atoms with Crippen molar-refractivity contribution in [3.05, 3.63) is 22.4 Å². The molecule has 0 aliphatic carbocycles. The minimum atomic E-state index is 0.427. The number of hydrogen-bond donors (Lipinski definition) is 1. The maximum Gasteiger partial charge on any atom is 0.0478 e.